The SMILES string of the molecule is COC(CCS(=O)(=O)c1ccc(F)cc1)CC(C)=O.COC(CCS(=O)c1ccc(F)cc1)CC(C)=O.COC(CCSc1ccc(F)cc1)CC(C)=O. The number of thioether (sulfide) groups is 1. The number of carbonyl (C=O) groups is 3. The smallest absolute Gasteiger partial charge is 0.178 e. The van der Waals surface area contributed by atoms with E-state index in [9.17, 15) is 40.2 Å². The van der Waals surface area contributed by atoms with E-state index in [1.165, 1.54) is 76.6 Å². The van der Waals surface area contributed by atoms with E-state index in [1.54, 1.807) is 37.9 Å². The monoisotopic (exact) mass is 816 g/mol. The summed E-state index contributed by atoms with van der Waals surface area (Å²) in [7, 11) is -0.0627. The first-order chi connectivity index (χ1) is 25.5. The fourth-order valence-electron chi connectivity index (χ4n) is 4.70. The summed E-state index contributed by atoms with van der Waals surface area (Å²) in [5.74, 6) is 0.219. The van der Waals surface area contributed by atoms with Crippen molar-refractivity contribution in [2.75, 3.05) is 38.6 Å². The number of carbonyl (C=O) groups excluding carboxylic acids is 3. The number of ether oxygens (including phenoxy) is 3. The Labute approximate surface area is 324 Å². The molecule has 0 heterocycles. The number of benzene rings is 3. The van der Waals surface area contributed by atoms with Gasteiger partial charge in [0.1, 0.15) is 34.8 Å². The van der Waals surface area contributed by atoms with E-state index in [0.717, 1.165) is 29.2 Å². The molecule has 0 aliphatic heterocycles. The van der Waals surface area contributed by atoms with Crippen LogP contribution in [0.1, 0.15) is 59.3 Å². The van der Waals surface area contributed by atoms with Crippen molar-refractivity contribution >= 4 is 49.7 Å². The van der Waals surface area contributed by atoms with Gasteiger partial charge in [-0.05, 0) is 113 Å². The Bertz CT molecular complexity index is 1690. The molecule has 300 valence electrons. The Hall–Kier alpha value is -3.21. The molecule has 0 aliphatic carbocycles. The van der Waals surface area contributed by atoms with E-state index in [-0.39, 0.29) is 64.7 Å². The third-order valence-corrected chi connectivity index (χ3v) is 11.9. The number of methoxy groups -OCH3 is 3. The molecule has 3 aromatic carbocycles. The highest BCUT2D eigenvalue weighted by atomic mass is 32.2. The van der Waals surface area contributed by atoms with Crippen molar-refractivity contribution in [2.24, 2.45) is 0 Å². The van der Waals surface area contributed by atoms with Gasteiger partial charge in [0.05, 0.1) is 39.8 Å². The lowest BCUT2D eigenvalue weighted by atomic mass is 10.1. The molecule has 3 aromatic rings. The predicted molar refractivity (Wildman–Crippen MR) is 205 cm³/mol. The molecule has 0 amide bonds. The van der Waals surface area contributed by atoms with Crippen LogP contribution in [0.15, 0.2) is 87.5 Å². The number of halogens is 3. The van der Waals surface area contributed by atoms with Crippen molar-refractivity contribution in [1.82, 2.24) is 0 Å². The molecule has 0 N–H and O–H groups in total. The van der Waals surface area contributed by atoms with Gasteiger partial charge in [0.2, 0.25) is 0 Å². The van der Waals surface area contributed by atoms with Crippen LogP contribution in [0.25, 0.3) is 0 Å². The van der Waals surface area contributed by atoms with Crippen LogP contribution in [-0.2, 0) is 49.2 Å². The second-order valence-corrected chi connectivity index (χ2v) is 17.1. The normalized spacial score (nSPS) is 13.3. The molecular formula is C39H51F3O9S3. The summed E-state index contributed by atoms with van der Waals surface area (Å²) in [5, 5.41) is 0. The highest BCUT2D eigenvalue weighted by molar-refractivity contribution is 7.99. The summed E-state index contributed by atoms with van der Waals surface area (Å²) in [6.45, 7) is 4.50. The van der Waals surface area contributed by atoms with Crippen molar-refractivity contribution in [3.8, 4) is 0 Å². The second kappa shape index (κ2) is 26.6. The van der Waals surface area contributed by atoms with E-state index in [2.05, 4.69) is 0 Å². The predicted octanol–water partition coefficient (Wildman–Crippen LogP) is 7.60. The van der Waals surface area contributed by atoms with Gasteiger partial charge in [0, 0.05) is 61.9 Å². The molecular weight excluding hydrogens is 766 g/mol. The molecule has 0 spiro atoms. The Balaban J connectivity index is 0.000000406. The van der Waals surface area contributed by atoms with Gasteiger partial charge in [-0.15, -0.1) is 11.8 Å². The fourth-order valence-corrected chi connectivity index (χ4v) is 8.16. The summed E-state index contributed by atoms with van der Waals surface area (Å²) in [4.78, 5) is 34.6. The van der Waals surface area contributed by atoms with Crippen molar-refractivity contribution in [1.29, 1.82) is 0 Å². The molecule has 54 heavy (non-hydrogen) atoms. The van der Waals surface area contributed by atoms with Crippen LogP contribution in [0.5, 0.6) is 0 Å². The molecule has 4 unspecified atom stereocenters. The number of hydrogen-bond acceptors (Lipinski definition) is 10. The van der Waals surface area contributed by atoms with Crippen LogP contribution < -0.4 is 0 Å². The van der Waals surface area contributed by atoms with Crippen LogP contribution in [0, 0.1) is 17.5 Å². The van der Waals surface area contributed by atoms with Crippen molar-refractivity contribution < 1.29 is 54.4 Å². The maximum atomic E-state index is 12.7. The second-order valence-electron chi connectivity index (χ2n) is 12.2. The molecule has 0 saturated carbocycles. The number of Topliss-reactive ketones (excluding diaryl/α,β-unsaturated/α-hetero) is 3. The molecule has 0 bridgehead atoms. The maximum absolute atomic E-state index is 12.7. The van der Waals surface area contributed by atoms with Crippen LogP contribution in [0.4, 0.5) is 13.2 Å². The lowest BCUT2D eigenvalue weighted by molar-refractivity contribution is -0.120. The Morgan fingerprint density at radius 3 is 1.44 bits per heavy atom. The van der Waals surface area contributed by atoms with Gasteiger partial charge in [0.25, 0.3) is 0 Å². The molecule has 0 saturated heterocycles. The van der Waals surface area contributed by atoms with E-state index < -0.39 is 32.6 Å². The van der Waals surface area contributed by atoms with Gasteiger partial charge in [0.15, 0.2) is 9.84 Å². The summed E-state index contributed by atoms with van der Waals surface area (Å²) in [6, 6.07) is 16.7. The average Bonchev–Trinajstić information content (AvgIpc) is 3.12. The van der Waals surface area contributed by atoms with Crippen molar-refractivity contribution in [3.05, 3.63) is 90.2 Å². The van der Waals surface area contributed by atoms with Gasteiger partial charge in [-0.2, -0.15) is 0 Å². The molecule has 0 aromatic heterocycles. The molecule has 15 heteroatoms. The lowest BCUT2D eigenvalue weighted by Gasteiger charge is -2.13. The summed E-state index contributed by atoms with van der Waals surface area (Å²) >= 11 is 1.64. The number of rotatable bonds is 21. The molecule has 9 nitrogen and oxygen atoms in total. The van der Waals surface area contributed by atoms with E-state index >= 15 is 0 Å². The average molecular weight is 817 g/mol. The zero-order valence-corrected chi connectivity index (χ0v) is 34.0. The minimum atomic E-state index is -3.48. The number of ketones is 3. The lowest BCUT2D eigenvalue weighted by Crippen LogP contribution is -2.19. The van der Waals surface area contributed by atoms with E-state index in [0.29, 0.717) is 29.9 Å². The first kappa shape index (κ1) is 48.8. The third kappa shape index (κ3) is 21.6. The highest BCUT2D eigenvalue weighted by Crippen LogP contribution is 2.21. The summed E-state index contributed by atoms with van der Waals surface area (Å²) in [5.41, 5.74) is 0. The molecule has 4 atom stereocenters. The van der Waals surface area contributed by atoms with Gasteiger partial charge in [-0.25, -0.2) is 21.6 Å². The summed E-state index contributed by atoms with van der Waals surface area (Å²) < 4.78 is 89.4. The highest BCUT2D eigenvalue weighted by Gasteiger charge is 2.19. The van der Waals surface area contributed by atoms with Crippen LogP contribution in [0.3, 0.4) is 0 Å². The minimum Gasteiger partial charge on any atom is -0.381 e. The maximum Gasteiger partial charge on any atom is 0.178 e. The molecule has 0 aliphatic rings. The zero-order valence-electron chi connectivity index (χ0n) is 31.6. The number of hydrogen-bond donors (Lipinski definition) is 0. The Kier molecular flexibility index (Phi) is 24.0. The standard InChI is InChI=1S/C13H17FO4S.C13H17FO3S.C13H17FO2S/c1-10(15)9-12(18-2)7-8-19(16,17)13-5-3-11(14)4-6-13;1-10(15)9-12(17-2)7-8-18(16)13-5-3-11(14)4-6-13;1-10(15)9-12(16-2)7-8-17-13-5-3-11(14)4-6-13/h3-6,12H,7-9H2,1-2H3;3-6,12H,7-9H2,1-2H3;3-6,12H,7-9H2,1-2H3. The molecule has 0 radical (unpaired) electrons. The van der Waals surface area contributed by atoms with E-state index in [1.807, 2.05) is 0 Å². The zero-order chi connectivity index (χ0) is 40.7. The van der Waals surface area contributed by atoms with Crippen molar-refractivity contribution in [3.63, 3.8) is 0 Å². The van der Waals surface area contributed by atoms with Crippen LogP contribution in [-0.4, -0.2) is 86.9 Å². The summed E-state index contributed by atoms with van der Waals surface area (Å²) in [6.07, 6.45) is 1.95. The van der Waals surface area contributed by atoms with Crippen molar-refractivity contribution in [2.45, 2.75) is 92.3 Å². The topological polar surface area (TPSA) is 130 Å². The quantitative estimate of drug-likeness (QED) is 0.0783. The van der Waals surface area contributed by atoms with Crippen LogP contribution >= 0.6 is 11.8 Å². The largest absolute Gasteiger partial charge is 0.381 e. The van der Waals surface area contributed by atoms with Crippen LogP contribution in [0.2, 0.25) is 0 Å². The first-order valence-electron chi connectivity index (χ1n) is 17.1. The van der Waals surface area contributed by atoms with Gasteiger partial charge < -0.3 is 14.2 Å². The fraction of sp³-hybridized carbons (Fsp3) is 0.462. The molecule has 3 rings (SSSR count). The van der Waals surface area contributed by atoms with Gasteiger partial charge in [-0.1, -0.05) is 0 Å². The van der Waals surface area contributed by atoms with Gasteiger partial charge >= 0.3 is 0 Å². The Morgan fingerprint density at radius 1 is 0.630 bits per heavy atom. The first-order valence-corrected chi connectivity index (χ1v) is 21.0. The number of sulfone groups is 1. The minimum absolute atomic E-state index is 0.0135. The molecule has 0 fully saturated rings. The Morgan fingerprint density at radius 2 is 1.02 bits per heavy atom. The van der Waals surface area contributed by atoms with E-state index in [4.69, 9.17) is 14.2 Å². The third-order valence-electron chi connectivity index (χ3n) is 7.65. The van der Waals surface area contributed by atoms with Gasteiger partial charge in [-0.3, -0.25) is 18.6 Å².